The molecule has 0 aromatic rings. The summed E-state index contributed by atoms with van der Waals surface area (Å²) in [5.41, 5.74) is 0. The van der Waals surface area contributed by atoms with Gasteiger partial charge in [0.25, 0.3) is 0 Å². The summed E-state index contributed by atoms with van der Waals surface area (Å²) in [6.45, 7) is 3.54. The van der Waals surface area contributed by atoms with E-state index in [2.05, 4.69) is 12.2 Å². The van der Waals surface area contributed by atoms with Crippen molar-refractivity contribution < 1.29 is 8.42 Å². The second-order valence-electron chi connectivity index (χ2n) is 5.23. The predicted octanol–water partition coefficient (Wildman–Crippen LogP) is 1.97. The van der Waals surface area contributed by atoms with Crippen molar-refractivity contribution >= 4 is 10.0 Å². The van der Waals surface area contributed by atoms with Gasteiger partial charge >= 0.3 is 0 Å². The summed E-state index contributed by atoms with van der Waals surface area (Å²) in [4.78, 5) is 0. The maximum atomic E-state index is 12.2. The van der Waals surface area contributed by atoms with E-state index in [0.29, 0.717) is 6.54 Å². The van der Waals surface area contributed by atoms with Crippen LogP contribution in [-0.2, 0) is 10.0 Å². The van der Waals surface area contributed by atoms with Crippen molar-refractivity contribution in [3.8, 4) is 0 Å². The quantitative estimate of drug-likeness (QED) is 0.571. The fourth-order valence-electron chi connectivity index (χ4n) is 2.50. The second kappa shape index (κ2) is 8.12. The third-order valence-corrected chi connectivity index (χ3v) is 5.64. The molecule has 0 spiro atoms. The average molecular weight is 276 g/mol. The van der Waals surface area contributed by atoms with E-state index in [9.17, 15) is 8.42 Å². The molecule has 5 heteroatoms. The van der Waals surface area contributed by atoms with E-state index in [0.717, 1.165) is 25.8 Å². The van der Waals surface area contributed by atoms with Gasteiger partial charge in [-0.05, 0) is 25.8 Å². The van der Waals surface area contributed by atoms with E-state index in [1.807, 2.05) is 0 Å². The Balaban J connectivity index is 2.43. The standard InChI is InChI=1S/C13H28N2O2S/c1-3-10-14-11-12-18(16,17)15(2)13-8-6-4-5-7-9-13/h13-14H,3-12H2,1-2H3. The lowest BCUT2D eigenvalue weighted by Crippen LogP contribution is -2.40. The molecule has 0 aromatic heterocycles. The van der Waals surface area contributed by atoms with Crippen LogP contribution in [0, 0.1) is 0 Å². The van der Waals surface area contributed by atoms with Gasteiger partial charge in [0.15, 0.2) is 0 Å². The molecule has 0 saturated heterocycles. The van der Waals surface area contributed by atoms with Gasteiger partial charge in [-0.2, -0.15) is 0 Å². The maximum Gasteiger partial charge on any atom is 0.215 e. The number of nitrogens with zero attached hydrogens (tertiary/aromatic N) is 1. The zero-order chi connectivity index (χ0) is 13.4. The minimum absolute atomic E-state index is 0.222. The van der Waals surface area contributed by atoms with Gasteiger partial charge in [-0.15, -0.1) is 0 Å². The largest absolute Gasteiger partial charge is 0.316 e. The molecule has 0 atom stereocenters. The highest BCUT2D eigenvalue weighted by atomic mass is 32.2. The highest BCUT2D eigenvalue weighted by Crippen LogP contribution is 2.22. The van der Waals surface area contributed by atoms with Crippen LogP contribution in [0.1, 0.15) is 51.9 Å². The predicted molar refractivity (Wildman–Crippen MR) is 76.2 cm³/mol. The van der Waals surface area contributed by atoms with Crippen LogP contribution in [0.2, 0.25) is 0 Å². The number of rotatable bonds is 7. The van der Waals surface area contributed by atoms with Gasteiger partial charge in [0.1, 0.15) is 0 Å². The second-order valence-corrected chi connectivity index (χ2v) is 7.38. The Morgan fingerprint density at radius 3 is 2.28 bits per heavy atom. The Bertz CT molecular complexity index is 309. The Kier molecular flexibility index (Phi) is 7.19. The van der Waals surface area contributed by atoms with Gasteiger partial charge in [-0.25, -0.2) is 12.7 Å². The molecule has 1 aliphatic rings. The summed E-state index contributed by atoms with van der Waals surface area (Å²) in [6.07, 6.45) is 7.93. The zero-order valence-corrected chi connectivity index (χ0v) is 12.6. The van der Waals surface area contributed by atoms with Crippen LogP contribution in [-0.4, -0.2) is 44.7 Å². The number of sulfonamides is 1. The van der Waals surface area contributed by atoms with Gasteiger partial charge in [0.2, 0.25) is 10.0 Å². The molecule has 0 heterocycles. The topological polar surface area (TPSA) is 49.4 Å². The molecule has 0 unspecified atom stereocenters. The van der Waals surface area contributed by atoms with Crippen molar-refractivity contribution in [1.29, 1.82) is 0 Å². The SMILES string of the molecule is CCCNCCS(=O)(=O)N(C)C1CCCCCC1. The molecule has 0 aromatic carbocycles. The van der Waals surface area contributed by atoms with E-state index in [4.69, 9.17) is 0 Å². The molecule has 1 rings (SSSR count). The van der Waals surface area contributed by atoms with Crippen molar-refractivity contribution in [2.24, 2.45) is 0 Å². The normalized spacial score (nSPS) is 19.1. The van der Waals surface area contributed by atoms with Crippen molar-refractivity contribution in [3.63, 3.8) is 0 Å². The lowest BCUT2D eigenvalue weighted by atomic mass is 10.1. The van der Waals surface area contributed by atoms with Crippen LogP contribution in [0.5, 0.6) is 0 Å². The molecule has 0 amide bonds. The lowest BCUT2D eigenvalue weighted by Gasteiger charge is -2.26. The molecule has 1 fully saturated rings. The number of hydrogen-bond acceptors (Lipinski definition) is 3. The minimum Gasteiger partial charge on any atom is -0.316 e. The van der Waals surface area contributed by atoms with E-state index >= 15 is 0 Å². The summed E-state index contributed by atoms with van der Waals surface area (Å²) < 4.78 is 26.0. The summed E-state index contributed by atoms with van der Waals surface area (Å²) in [6, 6.07) is 0.226. The summed E-state index contributed by atoms with van der Waals surface area (Å²) >= 11 is 0. The van der Waals surface area contributed by atoms with E-state index in [-0.39, 0.29) is 11.8 Å². The van der Waals surface area contributed by atoms with E-state index in [1.54, 1.807) is 11.4 Å². The lowest BCUT2D eigenvalue weighted by molar-refractivity contribution is 0.335. The summed E-state index contributed by atoms with van der Waals surface area (Å²) in [5.74, 6) is 0.222. The first kappa shape index (κ1) is 15.9. The van der Waals surface area contributed by atoms with Gasteiger partial charge in [0.05, 0.1) is 5.75 Å². The zero-order valence-electron chi connectivity index (χ0n) is 11.8. The molecule has 18 heavy (non-hydrogen) atoms. The van der Waals surface area contributed by atoms with Crippen molar-refractivity contribution in [2.45, 2.75) is 57.9 Å². The molecule has 1 aliphatic carbocycles. The fourth-order valence-corrected chi connectivity index (χ4v) is 3.85. The first-order valence-corrected chi connectivity index (χ1v) is 8.85. The minimum atomic E-state index is -3.09. The van der Waals surface area contributed by atoms with Crippen LogP contribution in [0.3, 0.4) is 0 Å². The van der Waals surface area contributed by atoms with Crippen molar-refractivity contribution in [3.05, 3.63) is 0 Å². The molecule has 0 bridgehead atoms. The summed E-state index contributed by atoms with van der Waals surface area (Å²) in [5, 5.41) is 3.16. The van der Waals surface area contributed by atoms with Gasteiger partial charge in [-0.3, -0.25) is 0 Å². The Labute approximate surface area is 112 Å². The monoisotopic (exact) mass is 276 g/mol. The first-order valence-electron chi connectivity index (χ1n) is 7.24. The maximum absolute atomic E-state index is 12.2. The smallest absolute Gasteiger partial charge is 0.215 e. The first-order chi connectivity index (χ1) is 8.58. The third kappa shape index (κ3) is 5.24. The van der Waals surface area contributed by atoms with E-state index < -0.39 is 10.0 Å². The van der Waals surface area contributed by atoms with Crippen LogP contribution >= 0.6 is 0 Å². The fraction of sp³-hybridized carbons (Fsp3) is 1.00. The Morgan fingerprint density at radius 2 is 1.72 bits per heavy atom. The highest BCUT2D eigenvalue weighted by molar-refractivity contribution is 7.89. The van der Waals surface area contributed by atoms with Gasteiger partial charge in [0, 0.05) is 19.6 Å². The van der Waals surface area contributed by atoms with Crippen LogP contribution in [0.15, 0.2) is 0 Å². The number of nitrogens with one attached hydrogen (secondary N) is 1. The van der Waals surface area contributed by atoms with Crippen molar-refractivity contribution in [1.82, 2.24) is 9.62 Å². The third-order valence-electron chi connectivity index (χ3n) is 3.74. The van der Waals surface area contributed by atoms with Crippen molar-refractivity contribution in [2.75, 3.05) is 25.9 Å². The van der Waals surface area contributed by atoms with Crippen LogP contribution < -0.4 is 5.32 Å². The molecule has 0 aliphatic heterocycles. The molecule has 4 nitrogen and oxygen atoms in total. The molecular formula is C13H28N2O2S. The van der Waals surface area contributed by atoms with Crippen LogP contribution in [0.25, 0.3) is 0 Å². The molecule has 1 saturated carbocycles. The van der Waals surface area contributed by atoms with Gasteiger partial charge in [-0.1, -0.05) is 32.6 Å². The molecule has 0 radical (unpaired) electrons. The van der Waals surface area contributed by atoms with Crippen LogP contribution in [0.4, 0.5) is 0 Å². The molecule has 1 N–H and O–H groups in total. The highest BCUT2D eigenvalue weighted by Gasteiger charge is 2.26. The molecule has 108 valence electrons. The average Bonchev–Trinajstić information content (AvgIpc) is 2.62. The van der Waals surface area contributed by atoms with E-state index in [1.165, 1.54) is 25.7 Å². The Hall–Kier alpha value is -0.130. The molecular weight excluding hydrogens is 248 g/mol. The summed E-state index contributed by atoms with van der Waals surface area (Å²) in [7, 11) is -1.33. The Morgan fingerprint density at radius 1 is 1.11 bits per heavy atom. The van der Waals surface area contributed by atoms with Gasteiger partial charge < -0.3 is 5.32 Å². The number of hydrogen-bond donors (Lipinski definition) is 1.